The summed E-state index contributed by atoms with van der Waals surface area (Å²) in [7, 11) is 0. The van der Waals surface area contributed by atoms with Crippen molar-refractivity contribution >= 4 is 11.6 Å². The molecule has 0 spiro atoms. The Kier molecular flexibility index (Phi) is 2.79. The molecule has 0 unspecified atom stereocenters. The quantitative estimate of drug-likeness (QED) is 0.722. The van der Waals surface area contributed by atoms with E-state index in [-0.39, 0.29) is 0 Å². The van der Waals surface area contributed by atoms with Crippen LogP contribution in [0.4, 0.5) is 0 Å². The van der Waals surface area contributed by atoms with Crippen LogP contribution in [0.5, 0.6) is 0 Å². The number of halogens is 1. The number of hydrogen-bond acceptors (Lipinski definition) is 2. The van der Waals surface area contributed by atoms with E-state index >= 15 is 0 Å². The molecular formula is C10H10ClN3. The van der Waals surface area contributed by atoms with Crippen LogP contribution >= 0.6 is 11.6 Å². The predicted molar refractivity (Wildman–Crippen MR) is 55.1 cm³/mol. The Morgan fingerprint density at radius 2 is 2.00 bits per heavy atom. The topological polar surface area (TPSA) is 30.7 Å². The van der Waals surface area contributed by atoms with E-state index in [4.69, 9.17) is 11.6 Å². The number of nitrogens with zero attached hydrogens (tertiary/aromatic N) is 3. The standard InChI is InChI=1S/C10H10ClN3/c11-5-10-6-13-8-14(10)7-9-1-3-12-4-2-9/h1-4,6,8H,5,7H2. The van der Waals surface area contributed by atoms with Crippen LogP contribution in [0.25, 0.3) is 0 Å². The lowest BCUT2D eigenvalue weighted by Gasteiger charge is -2.05. The number of imidazole rings is 1. The third-order valence-electron chi connectivity index (χ3n) is 2.04. The highest BCUT2D eigenvalue weighted by Crippen LogP contribution is 2.07. The van der Waals surface area contributed by atoms with Gasteiger partial charge in [-0.05, 0) is 17.7 Å². The minimum Gasteiger partial charge on any atom is -0.329 e. The molecule has 0 N–H and O–H groups in total. The van der Waals surface area contributed by atoms with Crippen molar-refractivity contribution in [1.29, 1.82) is 0 Å². The van der Waals surface area contributed by atoms with Gasteiger partial charge < -0.3 is 4.57 Å². The third-order valence-corrected chi connectivity index (χ3v) is 2.31. The van der Waals surface area contributed by atoms with Crippen molar-refractivity contribution in [1.82, 2.24) is 14.5 Å². The Morgan fingerprint density at radius 3 is 2.71 bits per heavy atom. The molecule has 0 bridgehead atoms. The van der Waals surface area contributed by atoms with Crippen LogP contribution in [-0.4, -0.2) is 14.5 Å². The molecule has 0 aliphatic heterocycles. The highest BCUT2D eigenvalue weighted by molar-refractivity contribution is 6.16. The molecule has 0 fully saturated rings. The van der Waals surface area contributed by atoms with Gasteiger partial charge in [0.05, 0.1) is 17.9 Å². The van der Waals surface area contributed by atoms with Gasteiger partial charge in [0, 0.05) is 25.1 Å². The van der Waals surface area contributed by atoms with Gasteiger partial charge in [-0.25, -0.2) is 4.98 Å². The summed E-state index contributed by atoms with van der Waals surface area (Å²) in [6.45, 7) is 0.796. The Labute approximate surface area is 87.4 Å². The van der Waals surface area contributed by atoms with Gasteiger partial charge in [0.15, 0.2) is 0 Å². The van der Waals surface area contributed by atoms with Gasteiger partial charge in [-0.2, -0.15) is 0 Å². The number of alkyl halides is 1. The lowest BCUT2D eigenvalue weighted by molar-refractivity contribution is 0.764. The van der Waals surface area contributed by atoms with E-state index in [1.807, 2.05) is 16.7 Å². The molecule has 0 aliphatic rings. The molecular weight excluding hydrogens is 198 g/mol. The van der Waals surface area contributed by atoms with Gasteiger partial charge >= 0.3 is 0 Å². The molecule has 0 aliphatic carbocycles. The van der Waals surface area contributed by atoms with E-state index in [2.05, 4.69) is 9.97 Å². The summed E-state index contributed by atoms with van der Waals surface area (Å²) in [5.41, 5.74) is 2.23. The first-order chi connectivity index (χ1) is 6.90. The van der Waals surface area contributed by atoms with E-state index in [1.54, 1.807) is 24.9 Å². The minimum absolute atomic E-state index is 0.491. The fourth-order valence-corrected chi connectivity index (χ4v) is 1.51. The highest BCUT2D eigenvalue weighted by atomic mass is 35.5. The van der Waals surface area contributed by atoms with Crippen LogP contribution in [0, 0.1) is 0 Å². The lowest BCUT2D eigenvalue weighted by atomic mass is 10.2. The van der Waals surface area contributed by atoms with Crippen LogP contribution in [0.2, 0.25) is 0 Å². The summed E-state index contributed by atoms with van der Waals surface area (Å²) in [5.74, 6) is 0.491. The zero-order valence-electron chi connectivity index (χ0n) is 7.60. The van der Waals surface area contributed by atoms with Gasteiger partial charge in [-0.15, -0.1) is 11.6 Å². The van der Waals surface area contributed by atoms with Crippen molar-refractivity contribution < 1.29 is 0 Å². The van der Waals surface area contributed by atoms with Gasteiger partial charge in [0.1, 0.15) is 0 Å². The van der Waals surface area contributed by atoms with E-state index in [9.17, 15) is 0 Å². The van der Waals surface area contributed by atoms with E-state index in [0.717, 1.165) is 12.2 Å². The smallest absolute Gasteiger partial charge is 0.0951 e. The normalized spacial score (nSPS) is 10.4. The molecule has 2 aromatic rings. The SMILES string of the molecule is ClCc1cncn1Cc1ccncc1. The fraction of sp³-hybridized carbons (Fsp3) is 0.200. The highest BCUT2D eigenvalue weighted by Gasteiger charge is 2.00. The summed E-state index contributed by atoms with van der Waals surface area (Å²) in [5, 5.41) is 0. The van der Waals surface area contributed by atoms with Crippen LogP contribution in [0.3, 0.4) is 0 Å². The van der Waals surface area contributed by atoms with Crippen molar-refractivity contribution in [3.63, 3.8) is 0 Å². The summed E-state index contributed by atoms with van der Waals surface area (Å²) in [6, 6.07) is 3.97. The molecule has 2 aromatic heterocycles. The zero-order valence-corrected chi connectivity index (χ0v) is 8.35. The maximum atomic E-state index is 5.77. The maximum absolute atomic E-state index is 5.77. The molecule has 0 saturated heterocycles. The fourth-order valence-electron chi connectivity index (χ4n) is 1.29. The second-order valence-corrected chi connectivity index (χ2v) is 3.27. The molecule has 2 heterocycles. The third kappa shape index (κ3) is 1.93. The number of aromatic nitrogens is 3. The Bertz CT molecular complexity index is 397. The second kappa shape index (κ2) is 4.24. The molecule has 2 rings (SSSR count). The molecule has 0 aromatic carbocycles. The van der Waals surface area contributed by atoms with Crippen LogP contribution in [-0.2, 0) is 12.4 Å². The number of rotatable bonds is 3. The molecule has 0 atom stereocenters. The van der Waals surface area contributed by atoms with Gasteiger partial charge in [0.25, 0.3) is 0 Å². The van der Waals surface area contributed by atoms with Crippen LogP contribution in [0.15, 0.2) is 37.1 Å². The number of hydrogen-bond donors (Lipinski definition) is 0. The van der Waals surface area contributed by atoms with Crippen molar-refractivity contribution in [2.45, 2.75) is 12.4 Å². The Balaban J connectivity index is 2.19. The second-order valence-electron chi connectivity index (χ2n) is 3.00. The monoisotopic (exact) mass is 207 g/mol. The average Bonchev–Trinajstić information content (AvgIpc) is 2.67. The summed E-state index contributed by atoms with van der Waals surface area (Å²) in [6.07, 6.45) is 7.14. The van der Waals surface area contributed by atoms with Gasteiger partial charge in [-0.1, -0.05) is 0 Å². The molecule has 3 nitrogen and oxygen atoms in total. The van der Waals surface area contributed by atoms with Crippen molar-refractivity contribution in [3.8, 4) is 0 Å². The van der Waals surface area contributed by atoms with Crippen LogP contribution in [0.1, 0.15) is 11.3 Å². The summed E-state index contributed by atoms with van der Waals surface area (Å²) in [4.78, 5) is 8.02. The molecule has 0 radical (unpaired) electrons. The Morgan fingerprint density at radius 1 is 1.21 bits per heavy atom. The largest absolute Gasteiger partial charge is 0.329 e. The lowest BCUT2D eigenvalue weighted by Crippen LogP contribution is -2.01. The Hall–Kier alpha value is -1.35. The van der Waals surface area contributed by atoms with Crippen molar-refractivity contribution in [2.24, 2.45) is 0 Å². The van der Waals surface area contributed by atoms with Gasteiger partial charge in [0.2, 0.25) is 0 Å². The van der Waals surface area contributed by atoms with E-state index in [0.29, 0.717) is 5.88 Å². The van der Waals surface area contributed by atoms with Crippen molar-refractivity contribution in [3.05, 3.63) is 48.3 Å². The van der Waals surface area contributed by atoms with Gasteiger partial charge in [-0.3, -0.25) is 4.98 Å². The predicted octanol–water partition coefficient (Wildman–Crippen LogP) is 2.07. The number of pyridine rings is 1. The molecule has 4 heteroatoms. The summed E-state index contributed by atoms with van der Waals surface area (Å²) < 4.78 is 2.03. The first-order valence-electron chi connectivity index (χ1n) is 4.34. The molecule has 0 amide bonds. The zero-order chi connectivity index (χ0) is 9.80. The van der Waals surface area contributed by atoms with Crippen LogP contribution < -0.4 is 0 Å². The van der Waals surface area contributed by atoms with Crippen molar-refractivity contribution in [2.75, 3.05) is 0 Å². The molecule has 72 valence electrons. The van der Waals surface area contributed by atoms with E-state index in [1.165, 1.54) is 5.56 Å². The first-order valence-corrected chi connectivity index (χ1v) is 4.87. The van der Waals surface area contributed by atoms with E-state index < -0.39 is 0 Å². The average molecular weight is 208 g/mol. The maximum Gasteiger partial charge on any atom is 0.0951 e. The minimum atomic E-state index is 0.491. The first kappa shape index (κ1) is 9.21. The molecule has 14 heavy (non-hydrogen) atoms. The summed E-state index contributed by atoms with van der Waals surface area (Å²) >= 11 is 5.77. The molecule has 0 saturated carbocycles.